The Morgan fingerprint density at radius 1 is 1.33 bits per heavy atom. The summed E-state index contributed by atoms with van der Waals surface area (Å²) < 4.78 is 0. The van der Waals surface area contributed by atoms with Crippen molar-refractivity contribution in [3.8, 4) is 11.5 Å². The lowest BCUT2D eigenvalue weighted by Gasteiger charge is -2.12. The van der Waals surface area contributed by atoms with Gasteiger partial charge in [0.15, 0.2) is 5.82 Å². The third kappa shape index (κ3) is 3.75. The maximum Gasteiger partial charge on any atom is 0.264 e. The maximum atomic E-state index is 12.3. The van der Waals surface area contributed by atoms with Crippen molar-refractivity contribution in [2.24, 2.45) is 0 Å². The van der Waals surface area contributed by atoms with E-state index in [-0.39, 0.29) is 11.6 Å². The van der Waals surface area contributed by atoms with Crippen LogP contribution in [-0.2, 0) is 6.42 Å². The van der Waals surface area contributed by atoms with Crippen molar-refractivity contribution in [3.05, 3.63) is 68.9 Å². The predicted octanol–water partition coefficient (Wildman–Crippen LogP) is 2.25. The number of hydrogen-bond acceptors (Lipinski definition) is 5. The number of amides is 1. The molecule has 0 aromatic carbocycles. The Bertz CT molecular complexity index is 875. The summed E-state index contributed by atoms with van der Waals surface area (Å²) in [5.41, 5.74) is 1.22. The summed E-state index contributed by atoms with van der Waals surface area (Å²) in [6.07, 6.45) is 3.62. The highest BCUT2D eigenvalue weighted by atomic mass is 32.1. The number of hydrogen-bond donors (Lipinski definition) is 2. The first-order valence-electron chi connectivity index (χ1n) is 7.46. The number of aromatic nitrogens is 3. The van der Waals surface area contributed by atoms with E-state index in [2.05, 4.69) is 20.3 Å². The maximum absolute atomic E-state index is 12.3. The molecule has 0 saturated heterocycles. The molecule has 24 heavy (non-hydrogen) atoms. The number of thiophene rings is 1. The molecule has 0 aliphatic rings. The molecule has 2 N–H and O–H groups in total. The second-order valence-electron chi connectivity index (χ2n) is 5.40. The van der Waals surface area contributed by atoms with Crippen LogP contribution in [0.1, 0.15) is 22.8 Å². The molecule has 1 amide bonds. The SMILES string of the molecule is CC(Cc1ccsc1)NC(=O)c1cnc(-c2ccccn2)[nH]c1=O. The van der Waals surface area contributed by atoms with Crippen molar-refractivity contribution in [1.82, 2.24) is 20.3 Å². The zero-order chi connectivity index (χ0) is 16.9. The standard InChI is InChI=1S/C17H16N4O2S/c1-11(8-12-5-7-24-10-12)20-16(22)13-9-19-15(21-17(13)23)14-4-2-3-6-18-14/h2-7,9-11H,8H2,1H3,(H,20,22)(H,19,21,23). The van der Waals surface area contributed by atoms with Gasteiger partial charge in [0.1, 0.15) is 11.3 Å². The van der Waals surface area contributed by atoms with Crippen LogP contribution in [0.5, 0.6) is 0 Å². The largest absolute Gasteiger partial charge is 0.349 e. The van der Waals surface area contributed by atoms with Crippen LogP contribution in [0.2, 0.25) is 0 Å². The summed E-state index contributed by atoms with van der Waals surface area (Å²) in [7, 11) is 0. The molecule has 1 unspecified atom stereocenters. The van der Waals surface area contributed by atoms with Crippen LogP contribution in [0.15, 0.2) is 52.2 Å². The van der Waals surface area contributed by atoms with E-state index in [1.54, 1.807) is 35.7 Å². The van der Waals surface area contributed by atoms with Crippen LogP contribution in [0.4, 0.5) is 0 Å². The summed E-state index contributed by atoms with van der Waals surface area (Å²) in [6.45, 7) is 1.90. The van der Waals surface area contributed by atoms with Crippen molar-refractivity contribution in [2.75, 3.05) is 0 Å². The molecule has 0 radical (unpaired) electrons. The molecule has 0 bridgehead atoms. The number of carbonyl (C=O) groups excluding carboxylic acids is 1. The van der Waals surface area contributed by atoms with Crippen LogP contribution < -0.4 is 10.9 Å². The first-order chi connectivity index (χ1) is 11.6. The number of H-pyrrole nitrogens is 1. The Kier molecular flexibility index (Phi) is 4.81. The third-order valence-electron chi connectivity index (χ3n) is 3.45. The van der Waals surface area contributed by atoms with Crippen LogP contribution in [0.25, 0.3) is 11.5 Å². The summed E-state index contributed by atoms with van der Waals surface area (Å²) in [5, 5.41) is 6.86. The fraction of sp³-hybridized carbons (Fsp3) is 0.176. The van der Waals surface area contributed by atoms with Crippen molar-refractivity contribution in [3.63, 3.8) is 0 Å². The Morgan fingerprint density at radius 2 is 2.21 bits per heavy atom. The zero-order valence-electron chi connectivity index (χ0n) is 13.0. The van der Waals surface area contributed by atoms with Crippen LogP contribution >= 0.6 is 11.3 Å². The number of nitrogens with zero attached hydrogens (tertiary/aromatic N) is 2. The molecule has 1 atom stereocenters. The lowest BCUT2D eigenvalue weighted by molar-refractivity contribution is 0.0938. The molecule has 6 nitrogen and oxygen atoms in total. The van der Waals surface area contributed by atoms with Gasteiger partial charge in [-0.1, -0.05) is 6.07 Å². The monoisotopic (exact) mass is 340 g/mol. The average molecular weight is 340 g/mol. The molecule has 0 aliphatic carbocycles. The third-order valence-corrected chi connectivity index (χ3v) is 4.18. The van der Waals surface area contributed by atoms with E-state index in [9.17, 15) is 9.59 Å². The first kappa shape index (κ1) is 16.1. The van der Waals surface area contributed by atoms with E-state index < -0.39 is 11.5 Å². The van der Waals surface area contributed by atoms with Crippen molar-refractivity contribution < 1.29 is 4.79 Å². The van der Waals surface area contributed by atoms with Gasteiger partial charge in [-0.15, -0.1) is 0 Å². The highest BCUT2D eigenvalue weighted by molar-refractivity contribution is 7.07. The highest BCUT2D eigenvalue weighted by Gasteiger charge is 2.15. The van der Waals surface area contributed by atoms with E-state index in [0.29, 0.717) is 17.9 Å². The van der Waals surface area contributed by atoms with Gasteiger partial charge in [0.2, 0.25) is 0 Å². The average Bonchev–Trinajstić information content (AvgIpc) is 3.08. The smallest absolute Gasteiger partial charge is 0.264 e. The second-order valence-corrected chi connectivity index (χ2v) is 6.18. The van der Waals surface area contributed by atoms with Gasteiger partial charge in [0, 0.05) is 18.4 Å². The summed E-state index contributed by atoms with van der Waals surface area (Å²) in [5.74, 6) is -0.0949. The molecule has 3 rings (SSSR count). The molecular weight excluding hydrogens is 324 g/mol. The quantitative estimate of drug-likeness (QED) is 0.746. The topological polar surface area (TPSA) is 87.7 Å². The van der Waals surface area contributed by atoms with Crippen LogP contribution in [-0.4, -0.2) is 26.9 Å². The van der Waals surface area contributed by atoms with Gasteiger partial charge in [-0.3, -0.25) is 14.6 Å². The first-order valence-corrected chi connectivity index (χ1v) is 8.40. The Labute approximate surface area is 142 Å². The Morgan fingerprint density at radius 3 is 2.88 bits per heavy atom. The van der Waals surface area contributed by atoms with Gasteiger partial charge in [-0.2, -0.15) is 11.3 Å². The fourth-order valence-corrected chi connectivity index (χ4v) is 2.99. The number of nitrogens with one attached hydrogen (secondary N) is 2. The minimum absolute atomic E-state index is 0.00755. The number of rotatable bonds is 5. The number of carbonyl (C=O) groups is 1. The molecule has 0 saturated carbocycles. The normalized spacial score (nSPS) is 11.9. The molecule has 0 spiro atoms. The number of pyridine rings is 1. The van der Waals surface area contributed by atoms with E-state index in [0.717, 1.165) is 5.56 Å². The Balaban J connectivity index is 1.72. The minimum atomic E-state index is -0.481. The predicted molar refractivity (Wildman–Crippen MR) is 93.0 cm³/mol. The van der Waals surface area contributed by atoms with E-state index in [1.807, 2.05) is 23.8 Å². The van der Waals surface area contributed by atoms with Crippen molar-refractivity contribution >= 4 is 17.2 Å². The lowest BCUT2D eigenvalue weighted by atomic mass is 10.1. The molecule has 3 aromatic heterocycles. The van der Waals surface area contributed by atoms with E-state index >= 15 is 0 Å². The molecule has 7 heteroatoms. The van der Waals surface area contributed by atoms with Crippen LogP contribution in [0, 0.1) is 0 Å². The highest BCUT2D eigenvalue weighted by Crippen LogP contribution is 2.10. The van der Waals surface area contributed by atoms with E-state index in [4.69, 9.17) is 0 Å². The molecule has 3 aromatic rings. The van der Waals surface area contributed by atoms with Gasteiger partial charge in [-0.05, 0) is 47.9 Å². The van der Waals surface area contributed by atoms with Crippen molar-refractivity contribution in [2.45, 2.75) is 19.4 Å². The second kappa shape index (κ2) is 7.18. The van der Waals surface area contributed by atoms with Gasteiger partial charge in [-0.25, -0.2) is 4.98 Å². The van der Waals surface area contributed by atoms with Gasteiger partial charge in [0.25, 0.3) is 11.5 Å². The fourth-order valence-electron chi connectivity index (χ4n) is 2.30. The van der Waals surface area contributed by atoms with Crippen molar-refractivity contribution in [1.29, 1.82) is 0 Å². The summed E-state index contributed by atoms with van der Waals surface area (Å²) >= 11 is 1.62. The number of aromatic amines is 1. The molecule has 3 heterocycles. The summed E-state index contributed by atoms with van der Waals surface area (Å²) in [4.78, 5) is 35.3. The molecule has 0 aliphatic heterocycles. The Hall–Kier alpha value is -2.80. The van der Waals surface area contributed by atoms with Gasteiger partial charge >= 0.3 is 0 Å². The summed E-state index contributed by atoms with van der Waals surface area (Å²) in [6, 6.07) is 7.25. The van der Waals surface area contributed by atoms with E-state index in [1.165, 1.54) is 6.20 Å². The van der Waals surface area contributed by atoms with Gasteiger partial charge in [0.05, 0.1) is 0 Å². The minimum Gasteiger partial charge on any atom is -0.349 e. The molecule has 122 valence electrons. The van der Waals surface area contributed by atoms with Crippen LogP contribution in [0.3, 0.4) is 0 Å². The van der Waals surface area contributed by atoms with Gasteiger partial charge < -0.3 is 10.3 Å². The lowest BCUT2D eigenvalue weighted by Crippen LogP contribution is -2.37. The molecular formula is C17H16N4O2S. The zero-order valence-corrected chi connectivity index (χ0v) is 13.8. The molecule has 0 fully saturated rings.